The highest BCUT2D eigenvalue weighted by molar-refractivity contribution is 7.13. The monoisotopic (exact) mass is 564 g/mol. The third-order valence-corrected chi connectivity index (χ3v) is 7.96. The summed E-state index contributed by atoms with van der Waals surface area (Å²) < 4.78 is 0. The van der Waals surface area contributed by atoms with Crippen LogP contribution < -0.4 is 10.6 Å². The minimum absolute atomic E-state index is 0.0418. The summed E-state index contributed by atoms with van der Waals surface area (Å²) in [5.74, 6) is -1.61. The summed E-state index contributed by atoms with van der Waals surface area (Å²) in [5.41, 5.74) is -0.579. The van der Waals surface area contributed by atoms with E-state index in [1.165, 1.54) is 40.5 Å². The first-order valence-corrected chi connectivity index (χ1v) is 13.9. The van der Waals surface area contributed by atoms with E-state index in [0.717, 1.165) is 5.01 Å². The smallest absolute Gasteiger partial charge is 0.263 e. The van der Waals surface area contributed by atoms with Crippen molar-refractivity contribution >= 4 is 40.7 Å². The Labute approximate surface area is 239 Å². The molecular formula is C29H36N6O4S. The van der Waals surface area contributed by atoms with Crippen LogP contribution in [0, 0.1) is 29.6 Å². The van der Waals surface area contributed by atoms with Gasteiger partial charge in [-0.25, -0.2) is 4.98 Å². The van der Waals surface area contributed by atoms with Crippen LogP contribution in [0.5, 0.6) is 0 Å². The average Bonchev–Trinajstić information content (AvgIpc) is 3.55. The molecule has 1 aliphatic heterocycles. The van der Waals surface area contributed by atoms with E-state index < -0.39 is 41.3 Å². The number of carbonyl (C=O) groups excluding carboxylic acids is 4. The first-order chi connectivity index (χ1) is 18.9. The fraction of sp³-hybridized carbons (Fsp3) is 0.448. The van der Waals surface area contributed by atoms with Crippen LogP contribution in [0.1, 0.15) is 48.3 Å². The lowest BCUT2D eigenvalue weighted by Crippen LogP contribution is -2.55. The largest absolute Gasteiger partial charge is 0.340 e. The van der Waals surface area contributed by atoms with Crippen molar-refractivity contribution < 1.29 is 19.2 Å². The predicted octanol–water partition coefficient (Wildman–Crippen LogP) is 3.38. The third-order valence-electron chi connectivity index (χ3n) is 7.05. The molecule has 0 saturated carbocycles. The van der Waals surface area contributed by atoms with Gasteiger partial charge in [0.1, 0.15) is 23.0 Å². The van der Waals surface area contributed by atoms with Crippen LogP contribution in [0.25, 0.3) is 0 Å². The number of aryl methyl sites for hydroxylation is 1. The molecule has 0 radical (unpaired) electrons. The van der Waals surface area contributed by atoms with Crippen molar-refractivity contribution in [2.75, 3.05) is 18.9 Å². The van der Waals surface area contributed by atoms with Crippen LogP contribution >= 0.6 is 11.3 Å². The van der Waals surface area contributed by atoms with E-state index in [4.69, 9.17) is 0 Å². The molecule has 0 spiro atoms. The normalized spacial score (nSPS) is 19.8. The highest BCUT2D eigenvalue weighted by Crippen LogP contribution is 2.38. The van der Waals surface area contributed by atoms with E-state index in [0.29, 0.717) is 17.0 Å². The fourth-order valence-electron chi connectivity index (χ4n) is 4.78. The topological polar surface area (TPSA) is 136 Å². The Kier molecular flexibility index (Phi) is 9.82. The lowest BCUT2D eigenvalue weighted by molar-refractivity contribution is -0.146. The highest BCUT2D eigenvalue weighted by Gasteiger charge is 2.51. The van der Waals surface area contributed by atoms with E-state index in [1.54, 1.807) is 38.1 Å². The van der Waals surface area contributed by atoms with E-state index in [2.05, 4.69) is 28.3 Å². The first kappa shape index (κ1) is 30.5. The predicted molar refractivity (Wildman–Crippen MR) is 153 cm³/mol. The number of nitrogens with zero attached hydrogens (tertiary/aromatic N) is 4. The molecule has 1 fully saturated rings. The Morgan fingerprint density at radius 1 is 1.27 bits per heavy atom. The zero-order valence-corrected chi connectivity index (χ0v) is 24.3. The van der Waals surface area contributed by atoms with Gasteiger partial charge < -0.3 is 20.4 Å². The number of anilines is 1. The van der Waals surface area contributed by atoms with Gasteiger partial charge in [0.25, 0.3) is 5.91 Å². The SMILES string of the molecule is C=C[C@]1(C(=O)Nc2ccccc2)C[C@@H](C#N)N(C(=O)[C@H](CC(C)C)N(C)C(=O)[C@H](C)NC(=O)c2cnc(C)s2)C1. The lowest BCUT2D eigenvalue weighted by atomic mass is 9.84. The van der Waals surface area contributed by atoms with Gasteiger partial charge in [-0.1, -0.05) is 38.1 Å². The maximum atomic E-state index is 14.0. The molecule has 4 amide bonds. The zero-order chi connectivity index (χ0) is 29.6. The number of aromatic nitrogens is 1. The Hall–Kier alpha value is -4.04. The number of nitrogens with one attached hydrogen (secondary N) is 2. The van der Waals surface area contributed by atoms with Crippen molar-refractivity contribution in [1.82, 2.24) is 20.1 Å². The van der Waals surface area contributed by atoms with Gasteiger partial charge in [-0.2, -0.15) is 5.26 Å². The Bertz CT molecular complexity index is 1300. The van der Waals surface area contributed by atoms with Gasteiger partial charge in [-0.15, -0.1) is 17.9 Å². The number of thiazole rings is 1. The number of benzene rings is 1. The van der Waals surface area contributed by atoms with Gasteiger partial charge >= 0.3 is 0 Å². The van der Waals surface area contributed by atoms with Crippen LogP contribution in [0.15, 0.2) is 49.2 Å². The van der Waals surface area contributed by atoms with Gasteiger partial charge in [0, 0.05) is 25.7 Å². The quantitative estimate of drug-likeness (QED) is 0.425. The Morgan fingerprint density at radius 3 is 2.50 bits per heavy atom. The third kappa shape index (κ3) is 6.74. The van der Waals surface area contributed by atoms with E-state index in [1.807, 2.05) is 19.9 Å². The Morgan fingerprint density at radius 2 is 1.95 bits per heavy atom. The molecule has 0 unspecified atom stereocenters. The number of likely N-dealkylation sites (tertiary alicyclic amines) is 1. The van der Waals surface area contributed by atoms with Crippen molar-refractivity contribution in [3.8, 4) is 6.07 Å². The van der Waals surface area contributed by atoms with Gasteiger partial charge in [-0.3, -0.25) is 19.2 Å². The molecule has 1 aromatic carbocycles. The van der Waals surface area contributed by atoms with Crippen LogP contribution in [0.4, 0.5) is 5.69 Å². The van der Waals surface area contributed by atoms with Crippen LogP contribution in [-0.4, -0.2) is 70.1 Å². The van der Waals surface area contributed by atoms with E-state index in [9.17, 15) is 24.4 Å². The van der Waals surface area contributed by atoms with Gasteiger partial charge in [-0.05, 0) is 38.3 Å². The van der Waals surface area contributed by atoms with Crippen molar-refractivity contribution in [2.24, 2.45) is 11.3 Å². The summed E-state index contributed by atoms with van der Waals surface area (Å²) >= 11 is 1.22. The minimum Gasteiger partial charge on any atom is -0.340 e. The Balaban J connectivity index is 1.80. The molecule has 3 rings (SSSR count). The summed E-state index contributed by atoms with van der Waals surface area (Å²) in [5, 5.41) is 16.2. The van der Waals surface area contributed by atoms with E-state index in [-0.39, 0.29) is 24.8 Å². The number of carbonyl (C=O) groups is 4. The van der Waals surface area contributed by atoms with Gasteiger partial charge in [0.05, 0.1) is 22.7 Å². The second-order valence-corrected chi connectivity index (χ2v) is 11.8. The molecule has 2 N–H and O–H groups in total. The summed E-state index contributed by atoms with van der Waals surface area (Å²) in [7, 11) is 1.52. The zero-order valence-electron chi connectivity index (χ0n) is 23.5. The molecule has 10 nitrogen and oxygen atoms in total. The summed E-state index contributed by atoms with van der Waals surface area (Å²) in [6.45, 7) is 11.0. The fourth-order valence-corrected chi connectivity index (χ4v) is 5.46. The number of nitriles is 1. The molecule has 212 valence electrons. The standard InChI is InChI=1S/C29H36N6O4S/c1-7-29(28(39)33-21-11-9-8-10-12-21)14-22(15-30)35(17-29)27(38)23(13-18(2)3)34(6)26(37)19(4)32-25(36)24-16-31-20(5)40-24/h7-12,16,18-19,22-23H,1,13-14,17H2,2-6H3,(H,32,36)(H,33,39)/t19-,22-,23-,29-/m0/s1. The van der Waals surface area contributed by atoms with Crippen molar-refractivity contribution in [1.29, 1.82) is 5.26 Å². The second kappa shape index (κ2) is 12.9. The summed E-state index contributed by atoms with van der Waals surface area (Å²) in [6.07, 6.45) is 3.37. The molecule has 4 atom stereocenters. The molecule has 40 heavy (non-hydrogen) atoms. The van der Waals surface area contributed by atoms with Crippen molar-refractivity contribution in [3.63, 3.8) is 0 Å². The number of hydrogen-bond donors (Lipinski definition) is 2. The molecule has 1 aromatic heterocycles. The lowest BCUT2D eigenvalue weighted by Gasteiger charge is -2.34. The maximum absolute atomic E-state index is 14.0. The van der Waals surface area contributed by atoms with Crippen LogP contribution in [-0.2, 0) is 14.4 Å². The first-order valence-electron chi connectivity index (χ1n) is 13.1. The number of amides is 4. The average molecular weight is 565 g/mol. The summed E-state index contributed by atoms with van der Waals surface area (Å²) in [6, 6.07) is 8.41. The molecule has 2 heterocycles. The number of likely N-dealkylation sites (N-methyl/N-ethyl adjacent to an activating group) is 1. The molecule has 0 bridgehead atoms. The minimum atomic E-state index is -1.18. The highest BCUT2D eigenvalue weighted by atomic mass is 32.1. The molecule has 1 aliphatic rings. The van der Waals surface area contributed by atoms with Crippen LogP contribution in [0.2, 0.25) is 0 Å². The number of para-hydroxylation sites is 1. The van der Waals surface area contributed by atoms with Crippen molar-refractivity contribution in [2.45, 2.75) is 58.7 Å². The maximum Gasteiger partial charge on any atom is 0.263 e. The number of rotatable bonds is 10. The van der Waals surface area contributed by atoms with E-state index >= 15 is 0 Å². The molecule has 11 heteroatoms. The molecular weight excluding hydrogens is 528 g/mol. The van der Waals surface area contributed by atoms with Crippen molar-refractivity contribution in [3.05, 3.63) is 59.1 Å². The molecule has 0 aliphatic carbocycles. The summed E-state index contributed by atoms with van der Waals surface area (Å²) in [4.78, 5) is 60.5. The molecule has 2 aromatic rings. The number of hydrogen-bond acceptors (Lipinski definition) is 7. The van der Waals surface area contributed by atoms with Gasteiger partial charge in [0.15, 0.2) is 0 Å². The molecule has 1 saturated heterocycles. The van der Waals surface area contributed by atoms with Crippen LogP contribution in [0.3, 0.4) is 0 Å². The van der Waals surface area contributed by atoms with Gasteiger partial charge in [0.2, 0.25) is 17.7 Å². The second-order valence-electron chi connectivity index (χ2n) is 10.5.